The van der Waals surface area contributed by atoms with E-state index in [1.165, 1.54) is 0 Å². The van der Waals surface area contributed by atoms with Crippen molar-refractivity contribution in [3.05, 3.63) is 24.3 Å². The zero-order valence-electron chi connectivity index (χ0n) is 9.36. The van der Waals surface area contributed by atoms with E-state index in [2.05, 4.69) is 9.97 Å². The van der Waals surface area contributed by atoms with Gasteiger partial charge in [-0.3, -0.25) is 4.79 Å². The Hall–Kier alpha value is -1.45. The van der Waals surface area contributed by atoms with Gasteiger partial charge >= 0.3 is 5.97 Å². The van der Waals surface area contributed by atoms with E-state index in [0.29, 0.717) is 18.9 Å². The van der Waals surface area contributed by atoms with E-state index in [0.717, 1.165) is 0 Å². The SMILES string of the molecule is CCOC(=O)C(C)(C)Cc1ncccn1. The Morgan fingerprint density at radius 2 is 2.00 bits per heavy atom. The molecule has 0 bridgehead atoms. The van der Waals surface area contributed by atoms with Crippen LogP contribution >= 0.6 is 0 Å². The van der Waals surface area contributed by atoms with E-state index in [-0.39, 0.29) is 5.97 Å². The van der Waals surface area contributed by atoms with Crippen molar-refractivity contribution in [3.63, 3.8) is 0 Å². The highest BCUT2D eigenvalue weighted by molar-refractivity contribution is 5.76. The summed E-state index contributed by atoms with van der Waals surface area (Å²) >= 11 is 0. The molecular formula is C11H16N2O2. The second-order valence-electron chi connectivity index (χ2n) is 3.95. The standard InChI is InChI=1S/C11H16N2O2/c1-4-15-10(14)11(2,3)8-9-12-6-5-7-13-9/h5-7H,4,8H2,1-3H3. The number of nitrogens with zero attached hydrogens (tertiary/aromatic N) is 2. The van der Waals surface area contributed by atoms with Crippen LogP contribution in [0.3, 0.4) is 0 Å². The lowest BCUT2D eigenvalue weighted by molar-refractivity contribution is -0.153. The van der Waals surface area contributed by atoms with Gasteiger partial charge < -0.3 is 4.74 Å². The Bertz CT molecular complexity index is 323. The summed E-state index contributed by atoms with van der Waals surface area (Å²) in [6, 6.07) is 1.75. The van der Waals surface area contributed by atoms with Crippen molar-refractivity contribution in [2.75, 3.05) is 6.61 Å². The average molecular weight is 208 g/mol. The zero-order chi connectivity index (χ0) is 11.3. The largest absolute Gasteiger partial charge is 0.466 e. The predicted octanol–water partition coefficient (Wildman–Crippen LogP) is 1.61. The summed E-state index contributed by atoms with van der Waals surface area (Å²) in [7, 11) is 0. The van der Waals surface area contributed by atoms with Gasteiger partial charge in [-0.1, -0.05) is 0 Å². The smallest absolute Gasteiger partial charge is 0.311 e. The molecule has 0 amide bonds. The second-order valence-corrected chi connectivity index (χ2v) is 3.95. The monoisotopic (exact) mass is 208 g/mol. The van der Waals surface area contributed by atoms with Gasteiger partial charge in [-0.15, -0.1) is 0 Å². The van der Waals surface area contributed by atoms with Gasteiger partial charge in [0.05, 0.1) is 12.0 Å². The number of carbonyl (C=O) groups is 1. The van der Waals surface area contributed by atoms with Crippen LogP contribution in [0.2, 0.25) is 0 Å². The maximum absolute atomic E-state index is 11.6. The molecule has 1 aromatic heterocycles. The van der Waals surface area contributed by atoms with Crippen LogP contribution in [0.4, 0.5) is 0 Å². The van der Waals surface area contributed by atoms with Gasteiger partial charge in [-0.25, -0.2) is 9.97 Å². The van der Waals surface area contributed by atoms with E-state index >= 15 is 0 Å². The lowest BCUT2D eigenvalue weighted by Crippen LogP contribution is -2.29. The van der Waals surface area contributed by atoms with E-state index in [1.807, 2.05) is 13.8 Å². The summed E-state index contributed by atoms with van der Waals surface area (Å²) < 4.78 is 4.98. The molecule has 0 aliphatic carbocycles. The summed E-state index contributed by atoms with van der Waals surface area (Å²) in [6.45, 7) is 5.87. The van der Waals surface area contributed by atoms with Gasteiger partial charge in [0.2, 0.25) is 0 Å². The van der Waals surface area contributed by atoms with Gasteiger partial charge in [0.15, 0.2) is 0 Å². The first-order valence-electron chi connectivity index (χ1n) is 4.99. The maximum atomic E-state index is 11.6. The van der Waals surface area contributed by atoms with Crippen LogP contribution in [0, 0.1) is 5.41 Å². The predicted molar refractivity (Wildman–Crippen MR) is 56.2 cm³/mol. The third-order valence-electron chi connectivity index (χ3n) is 2.05. The van der Waals surface area contributed by atoms with Crippen molar-refractivity contribution in [3.8, 4) is 0 Å². The van der Waals surface area contributed by atoms with Gasteiger partial charge in [-0.05, 0) is 26.8 Å². The first-order valence-corrected chi connectivity index (χ1v) is 4.99. The minimum Gasteiger partial charge on any atom is -0.466 e. The second kappa shape index (κ2) is 4.87. The molecule has 1 heterocycles. The lowest BCUT2D eigenvalue weighted by Gasteiger charge is -2.20. The molecule has 0 atom stereocenters. The summed E-state index contributed by atoms with van der Waals surface area (Å²) in [5.41, 5.74) is -0.572. The molecule has 4 heteroatoms. The fraction of sp³-hybridized carbons (Fsp3) is 0.545. The molecule has 0 unspecified atom stereocenters. The number of carbonyl (C=O) groups excluding carboxylic acids is 1. The van der Waals surface area contributed by atoms with Gasteiger partial charge in [-0.2, -0.15) is 0 Å². The highest BCUT2D eigenvalue weighted by atomic mass is 16.5. The molecule has 0 aromatic carbocycles. The third-order valence-corrected chi connectivity index (χ3v) is 2.05. The molecule has 82 valence electrons. The Morgan fingerprint density at radius 3 is 2.53 bits per heavy atom. The first kappa shape index (κ1) is 11.6. The topological polar surface area (TPSA) is 52.1 Å². The van der Waals surface area contributed by atoms with Crippen LogP contribution in [-0.4, -0.2) is 22.5 Å². The molecule has 0 spiro atoms. The highest BCUT2D eigenvalue weighted by Gasteiger charge is 2.30. The zero-order valence-corrected chi connectivity index (χ0v) is 9.36. The number of esters is 1. The summed E-state index contributed by atoms with van der Waals surface area (Å²) in [5, 5.41) is 0. The first-order chi connectivity index (χ1) is 7.06. The summed E-state index contributed by atoms with van der Waals surface area (Å²) in [4.78, 5) is 19.8. The fourth-order valence-electron chi connectivity index (χ4n) is 1.22. The Kier molecular flexibility index (Phi) is 3.77. The van der Waals surface area contributed by atoms with E-state index in [9.17, 15) is 4.79 Å². The maximum Gasteiger partial charge on any atom is 0.311 e. The van der Waals surface area contributed by atoms with Gasteiger partial charge in [0.1, 0.15) is 5.82 Å². The average Bonchev–Trinajstić information content (AvgIpc) is 2.19. The Balaban J connectivity index is 2.68. The van der Waals surface area contributed by atoms with Crippen LogP contribution in [0.1, 0.15) is 26.6 Å². The van der Waals surface area contributed by atoms with Crippen molar-refractivity contribution in [1.82, 2.24) is 9.97 Å². The number of aromatic nitrogens is 2. The quantitative estimate of drug-likeness (QED) is 0.705. The molecule has 0 saturated heterocycles. The van der Waals surface area contributed by atoms with Crippen molar-refractivity contribution < 1.29 is 9.53 Å². The van der Waals surface area contributed by atoms with Crippen molar-refractivity contribution in [2.24, 2.45) is 5.41 Å². The lowest BCUT2D eigenvalue weighted by atomic mass is 9.89. The van der Waals surface area contributed by atoms with E-state index in [4.69, 9.17) is 4.74 Å². The van der Waals surface area contributed by atoms with Gasteiger partial charge in [0.25, 0.3) is 0 Å². The molecule has 0 aliphatic heterocycles. The Morgan fingerprint density at radius 1 is 1.40 bits per heavy atom. The van der Waals surface area contributed by atoms with E-state index < -0.39 is 5.41 Å². The van der Waals surface area contributed by atoms with E-state index in [1.54, 1.807) is 25.4 Å². The molecule has 4 nitrogen and oxygen atoms in total. The number of rotatable bonds is 4. The summed E-state index contributed by atoms with van der Waals surface area (Å²) in [6.07, 6.45) is 3.83. The third kappa shape index (κ3) is 3.31. The van der Waals surface area contributed by atoms with Crippen molar-refractivity contribution in [2.45, 2.75) is 27.2 Å². The summed E-state index contributed by atoms with van der Waals surface area (Å²) in [5.74, 6) is 0.452. The molecule has 15 heavy (non-hydrogen) atoms. The van der Waals surface area contributed by atoms with Crippen LogP contribution in [0.15, 0.2) is 18.5 Å². The van der Waals surface area contributed by atoms with Crippen LogP contribution in [0.25, 0.3) is 0 Å². The van der Waals surface area contributed by atoms with Crippen LogP contribution in [-0.2, 0) is 16.0 Å². The molecule has 0 aliphatic rings. The molecule has 0 radical (unpaired) electrons. The minimum atomic E-state index is -0.572. The highest BCUT2D eigenvalue weighted by Crippen LogP contribution is 2.21. The van der Waals surface area contributed by atoms with Gasteiger partial charge in [0, 0.05) is 18.8 Å². The van der Waals surface area contributed by atoms with Crippen molar-refractivity contribution in [1.29, 1.82) is 0 Å². The molecule has 0 fully saturated rings. The van der Waals surface area contributed by atoms with Crippen molar-refractivity contribution >= 4 is 5.97 Å². The Labute approximate surface area is 89.7 Å². The minimum absolute atomic E-state index is 0.211. The normalized spacial score (nSPS) is 11.1. The number of hydrogen-bond acceptors (Lipinski definition) is 4. The number of ether oxygens (including phenoxy) is 1. The fourth-order valence-corrected chi connectivity index (χ4v) is 1.22. The van der Waals surface area contributed by atoms with Crippen LogP contribution < -0.4 is 0 Å². The molecular weight excluding hydrogens is 192 g/mol. The number of hydrogen-bond donors (Lipinski definition) is 0. The van der Waals surface area contributed by atoms with Crippen LogP contribution in [0.5, 0.6) is 0 Å². The molecule has 1 aromatic rings. The molecule has 1 rings (SSSR count). The molecule has 0 saturated carbocycles. The molecule has 0 N–H and O–H groups in total.